The summed E-state index contributed by atoms with van der Waals surface area (Å²) in [7, 11) is 0.135. The molecule has 0 fully saturated rings. The summed E-state index contributed by atoms with van der Waals surface area (Å²) >= 11 is 0. The molecule has 0 aliphatic heterocycles. The molecule has 0 aliphatic rings. The summed E-state index contributed by atoms with van der Waals surface area (Å²) in [5.41, 5.74) is 0. The minimum atomic E-state index is 0. The van der Waals surface area contributed by atoms with Gasteiger partial charge in [-0.05, 0) is 50.3 Å². The van der Waals surface area contributed by atoms with Crippen molar-refractivity contribution >= 4 is 26.5 Å². The van der Waals surface area contributed by atoms with E-state index in [1.54, 1.807) is 0 Å². The first-order valence-corrected chi connectivity index (χ1v) is 19.1. The van der Waals surface area contributed by atoms with Crippen molar-refractivity contribution < 1.29 is 21.7 Å². The van der Waals surface area contributed by atoms with Crippen LogP contribution in [-0.4, -0.2) is 24.6 Å². The summed E-state index contributed by atoms with van der Waals surface area (Å²) in [5, 5.41) is 3.69. The summed E-state index contributed by atoms with van der Waals surface area (Å²) in [5.74, 6) is 0. The first kappa shape index (κ1) is 37.3. The van der Waals surface area contributed by atoms with Crippen LogP contribution in [0.1, 0.15) is 130 Å². The van der Waals surface area contributed by atoms with Gasteiger partial charge in [0.15, 0.2) is 0 Å². The topological polar surface area (TPSA) is 0 Å². The van der Waals surface area contributed by atoms with E-state index in [1.807, 2.05) is 40.9 Å². The maximum Gasteiger partial charge on any atom is 0 e. The Bertz CT molecular complexity index is 579. The van der Waals surface area contributed by atoms with Gasteiger partial charge in [0.1, 0.15) is 0 Å². The Morgan fingerprint density at radius 3 is 1.30 bits per heavy atom. The smallest absolute Gasteiger partial charge is 0 e. The summed E-state index contributed by atoms with van der Waals surface area (Å²) in [6, 6.07) is 17.5. The van der Waals surface area contributed by atoms with Crippen LogP contribution in [-0.2, 0) is 21.7 Å². The van der Waals surface area contributed by atoms with E-state index in [0.29, 0.717) is 0 Å². The largest absolute Gasteiger partial charge is 0.748 e. The molecular weight excluding hydrogens is 518 g/mol. The van der Waals surface area contributed by atoms with E-state index < -0.39 is 0 Å². The van der Waals surface area contributed by atoms with Crippen LogP contribution in [0, 0.1) is 0 Å². The summed E-state index contributed by atoms with van der Waals surface area (Å²) in [4.78, 5) is 0. The first-order chi connectivity index (χ1) is 17.8. The molecule has 0 atom stereocenters. The molecule has 2 aromatic carbocycles. The molecule has 0 amide bonds. The number of rotatable bonds is 22. The van der Waals surface area contributed by atoms with E-state index in [9.17, 15) is 0 Å². The third-order valence-corrected chi connectivity index (χ3v) is 12.9. The fourth-order valence-corrected chi connectivity index (χ4v) is 11.0. The van der Waals surface area contributed by atoms with Crippen molar-refractivity contribution in [2.24, 2.45) is 0 Å². The standard InChI is InChI=1S/C29H55P2.C5H5.Ti/c1-5-9-13-17-24-30(25-18-14-10-6-2)28-22-21-23-29(28)31(26-19-15-11-7-3)27-20-16-12-8-4;1-2-4-5-3-1;/h21-23H,5-20,24-27H2,1-4H3;1-5H;/q-1;-5;. The molecule has 0 heterocycles. The van der Waals surface area contributed by atoms with Crippen LogP contribution >= 0.6 is 15.8 Å². The number of hydrogen-bond acceptors (Lipinski definition) is 0. The van der Waals surface area contributed by atoms with Crippen molar-refractivity contribution in [2.45, 2.75) is 130 Å². The molecule has 0 unspecified atom stereocenters. The quantitative estimate of drug-likeness (QED) is 0.0564. The van der Waals surface area contributed by atoms with Crippen molar-refractivity contribution in [1.29, 1.82) is 0 Å². The molecule has 0 radical (unpaired) electrons. The molecule has 0 bridgehead atoms. The fraction of sp³-hybridized carbons (Fsp3) is 0.706. The van der Waals surface area contributed by atoms with Gasteiger partial charge < -0.3 is 30.3 Å². The van der Waals surface area contributed by atoms with Gasteiger partial charge in [-0.3, -0.25) is 0 Å². The van der Waals surface area contributed by atoms with Crippen LogP contribution in [0.3, 0.4) is 0 Å². The molecule has 3 heteroatoms. The van der Waals surface area contributed by atoms with Crippen LogP contribution in [0.4, 0.5) is 0 Å². The van der Waals surface area contributed by atoms with Gasteiger partial charge in [0.25, 0.3) is 0 Å². The minimum absolute atomic E-state index is 0. The molecule has 0 saturated carbocycles. The average molecular weight is 579 g/mol. The summed E-state index contributed by atoms with van der Waals surface area (Å²) in [6.45, 7) is 9.36. The molecule has 0 spiro atoms. The van der Waals surface area contributed by atoms with Crippen LogP contribution in [0.5, 0.6) is 0 Å². The molecule has 0 aliphatic carbocycles. The zero-order valence-corrected chi connectivity index (χ0v) is 28.5. The van der Waals surface area contributed by atoms with Crippen LogP contribution in [0.25, 0.3) is 0 Å². The third kappa shape index (κ3) is 19.1. The Hall–Kier alpha value is 0.274. The van der Waals surface area contributed by atoms with Gasteiger partial charge in [-0.2, -0.15) is 6.07 Å². The zero-order valence-electron chi connectivity index (χ0n) is 25.2. The molecule has 0 aromatic heterocycles. The third-order valence-electron chi connectivity index (χ3n) is 7.13. The Kier molecular flexibility index (Phi) is 28.0. The molecule has 0 nitrogen and oxygen atoms in total. The van der Waals surface area contributed by atoms with Gasteiger partial charge in [0.2, 0.25) is 0 Å². The van der Waals surface area contributed by atoms with Crippen LogP contribution in [0.15, 0.2) is 48.5 Å². The van der Waals surface area contributed by atoms with Gasteiger partial charge >= 0.3 is 0 Å². The van der Waals surface area contributed by atoms with Crippen molar-refractivity contribution in [3.05, 3.63) is 48.5 Å². The van der Waals surface area contributed by atoms with Crippen LogP contribution < -0.4 is 10.6 Å². The average Bonchev–Trinajstić information content (AvgIpc) is 3.63. The van der Waals surface area contributed by atoms with Gasteiger partial charge in [-0.1, -0.05) is 105 Å². The first-order valence-electron chi connectivity index (χ1n) is 15.7. The Morgan fingerprint density at radius 2 is 0.919 bits per heavy atom. The molecular formula is C34H60P2Ti-6. The SMILES string of the molecule is CCCCCCP(CCCCCC)c1ccc[c-]1P(CCCCCC)CCCCCC.[Ti].[cH-]1[cH-][cH-][cH-][cH-]1. The maximum atomic E-state index is 2.56. The van der Waals surface area contributed by atoms with Crippen molar-refractivity contribution in [1.82, 2.24) is 0 Å². The monoisotopic (exact) mass is 578 g/mol. The van der Waals surface area contributed by atoms with Gasteiger partial charge in [-0.15, -0.1) is 26.5 Å². The van der Waals surface area contributed by atoms with Gasteiger partial charge in [0, 0.05) is 21.7 Å². The number of unbranched alkanes of at least 4 members (excludes halogenated alkanes) is 12. The van der Waals surface area contributed by atoms with E-state index in [-0.39, 0.29) is 37.6 Å². The van der Waals surface area contributed by atoms with Crippen molar-refractivity contribution in [3.8, 4) is 0 Å². The maximum absolute atomic E-state index is 2.56. The van der Waals surface area contributed by atoms with Gasteiger partial charge in [0.05, 0.1) is 0 Å². The van der Waals surface area contributed by atoms with E-state index in [1.165, 1.54) is 127 Å². The molecule has 2 aromatic rings. The predicted octanol–water partition coefficient (Wildman–Crippen LogP) is 11.3. The number of hydrogen-bond donors (Lipinski definition) is 0. The summed E-state index contributed by atoms with van der Waals surface area (Å²) in [6.07, 6.45) is 28.7. The van der Waals surface area contributed by atoms with Crippen molar-refractivity contribution in [3.63, 3.8) is 0 Å². The Balaban J connectivity index is 0.00000192. The zero-order chi connectivity index (χ0) is 26.1. The molecule has 0 saturated heterocycles. The predicted molar refractivity (Wildman–Crippen MR) is 173 cm³/mol. The second-order valence-electron chi connectivity index (χ2n) is 10.5. The van der Waals surface area contributed by atoms with Crippen molar-refractivity contribution in [2.75, 3.05) is 24.6 Å². The van der Waals surface area contributed by atoms with E-state index in [0.717, 1.165) is 0 Å². The van der Waals surface area contributed by atoms with E-state index >= 15 is 0 Å². The molecule has 216 valence electrons. The molecule has 0 N–H and O–H groups in total. The Labute approximate surface area is 250 Å². The second-order valence-corrected chi connectivity index (χ2v) is 15.4. The summed E-state index contributed by atoms with van der Waals surface area (Å²) < 4.78 is 0. The minimum Gasteiger partial charge on any atom is -0.748 e. The van der Waals surface area contributed by atoms with E-state index in [4.69, 9.17) is 0 Å². The normalized spacial score (nSPS) is 11.0. The molecule has 2 rings (SSSR count). The van der Waals surface area contributed by atoms with E-state index in [2.05, 4.69) is 45.9 Å². The van der Waals surface area contributed by atoms with Crippen LogP contribution in [0.2, 0.25) is 0 Å². The second kappa shape index (κ2) is 27.8. The fourth-order valence-electron chi connectivity index (χ4n) is 4.88. The Morgan fingerprint density at radius 1 is 0.541 bits per heavy atom. The van der Waals surface area contributed by atoms with Gasteiger partial charge in [-0.25, -0.2) is 12.1 Å². The molecule has 37 heavy (non-hydrogen) atoms.